The summed E-state index contributed by atoms with van der Waals surface area (Å²) in [6.45, 7) is 5.45. The van der Waals surface area contributed by atoms with E-state index in [9.17, 15) is 4.57 Å². The van der Waals surface area contributed by atoms with Gasteiger partial charge in [0.1, 0.15) is 12.2 Å². The van der Waals surface area contributed by atoms with Crippen molar-refractivity contribution in [3.8, 4) is 0 Å². The zero-order chi connectivity index (χ0) is 21.8. The van der Waals surface area contributed by atoms with Crippen LogP contribution in [0.1, 0.15) is 13.8 Å². The van der Waals surface area contributed by atoms with Crippen molar-refractivity contribution >= 4 is 52.9 Å². The van der Waals surface area contributed by atoms with Crippen LogP contribution in [-0.2, 0) is 4.57 Å². The third-order valence-corrected chi connectivity index (χ3v) is 6.85. The Morgan fingerprint density at radius 1 is 1.03 bits per heavy atom. The number of benzene rings is 2. The third kappa shape index (κ3) is 5.70. The predicted molar refractivity (Wildman–Crippen MR) is 138 cm³/mol. The Balaban J connectivity index is 0.00000289. The lowest BCUT2D eigenvalue weighted by molar-refractivity contribution is 0.588. The first kappa shape index (κ1) is 23.8. The summed E-state index contributed by atoms with van der Waals surface area (Å²) in [6.07, 6.45) is 7.03. The van der Waals surface area contributed by atoms with Crippen LogP contribution in [0.25, 0.3) is 0 Å². The molecule has 1 aliphatic rings. The highest BCUT2D eigenvalue weighted by atomic mass is 35.5. The summed E-state index contributed by atoms with van der Waals surface area (Å²) in [4.78, 5) is 11.2. The Morgan fingerprint density at radius 3 is 2.47 bits per heavy atom. The summed E-state index contributed by atoms with van der Waals surface area (Å²) < 4.78 is 12.6. The van der Waals surface area contributed by atoms with Gasteiger partial charge in [-0.15, -0.1) is 0 Å². The van der Waals surface area contributed by atoms with E-state index in [-0.39, 0.29) is 7.43 Å². The minimum Gasteiger partial charge on any atom is -0.367 e. The normalized spacial score (nSPS) is 13.4. The molecule has 0 fully saturated rings. The summed E-state index contributed by atoms with van der Waals surface area (Å²) >= 11 is 6.33. The Morgan fingerprint density at radius 2 is 1.78 bits per heavy atom. The predicted octanol–water partition coefficient (Wildman–Crippen LogP) is 6.27. The minimum absolute atomic E-state index is 0. The first-order valence-corrected chi connectivity index (χ1v) is 13.1. The van der Waals surface area contributed by atoms with Crippen LogP contribution in [0.2, 0.25) is 5.02 Å². The maximum atomic E-state index is 12.6. The fraction of sp³-hybridized carbons (Fsp3) is 0.250. The summed E-state index contributed by atoms with van der Waals surface area (Å²) in [7, 11) is -2.46. The number of aromatic nitrogens is 2. The van der Waals surface area contributed by atoms with E-state index in [0.29, 0.717) is 16.8 Å². The quantitative estimate of drug-likeness (QED) is 0.327. The number of rotatable bonds is 6. The summed E-state index contributed by atoms with van der Waals surface area (Å²) in [6, 6.07) is 15.7. The molecule has 0 saturated carbocycles. The summed E-state index contributed by atoms with van der Waals surface area (Å²) in [5, 5.41) is 7.58. The molecule has 0 saturated heterocycles. The van der Waals surface area contributed by atoms with Gasteiger partial charge in [-0.2, -0.15) is 4.98 Å². The van der Waals surface area contributed by atoms with E-state index >= 15 is 0 Å². The summed E-state index contributed by atoms with van der Waals surface area (Å²) in [5.74, 6) is 0.881. The van der Waals surface area contributed by atoms with Gasteiger partial charge in [0, 0.05) is 29.8 Å². The molecule has 3 aromatic rings. The molecule has 0 aliphatic carbocycles. The zero-order valence-corrected chi connectivity index (χ0v) is 19.2. The Hall–Kier alpha value is -2.82. The van der Waals surface area contributed by atoms with E-state index in [1.807, 2.05) is 36.4 Å². The van der Waals surface area contributed by atoms with Gasteiger partial charge in [0.2, 0.25) is 5.95 Å². The second kappa shape index (κ2) is 10.2. The Labute approximate surface area is 195 Å². The maximum Gasteiger partial charge on any atom is 0.229 e. The van der Waals surface area contributed by atoms with Crippen LogP contribution in [0.4, 0.5) is 28.8 Å². The fourth-order valence-corrected chi connectivity index (χ4v) is 4.75. The lowest BCUT2D eigenvalue weighted by atomic mass is 10.2. The van der Waals surface area contributed by atoms with Crippen molar-refractivity contribution in [3.05, 3.63) is 71.9 Å². The highest BCUT2D eigenvalue weighted by Crippen LogP contribution is 2.38. The topological polar surface area (TPSA) is 70.2 Å². The van der Waals surface area contributed by atoms with Crippen LogP contribution < -0.4 is 20.8 Å². The molecule has 0 bridgehead atoms. The van der Waals surface area contributed by atoms with Crippen LogP contribution in [-0.4, -0.2) is 36.4 Å². The Bertz CT molecular complexity index is 1140. The molecular formula is C24H29ClN5OP. The molecule has 2 aromatic carbocycles. The SMILES string of the molecule is C.CP(C)(=O)c1ccccc1Nc1nc(Nc2ccc(N3CC=CCC3)cc2)ncc1Cl. The van der Waals surface area contributed by atoms with Crippen molar-refractivity contribution < 1.29 is 4.57 Å². The molecule has 2 heterocycles. The van der Waals surface area contributed by atoms with Gasteiger partial charge in [0.25, 0.3) is 0 Å². The molecule has 8 heteroatoms. The van der Waals surface area contributed by atoms with Crippen molar-refractivity contribution in [2.45, 2.75) is 13.8 Å². The molecule has 0 atom stereocenters. The second-order valence-electron chi connectivity index (χ2n) is 7.76. The number of halogens is 1. The van der Waals surface area contributed by atoms with Gasteiger partial charge in [-0.1, -0.05) is 43.3 Å². The van der Waals surface area contributed by atoms with Crippen LogP contribution in [0.15, 0.2) is 66.9 Å². The average molecular weight is 470 g/mol. The van der Waals surface area contributed by atoms with Crippen LogP contribution in [0, 0.1) is 0 Å². The molecule has 2 N–H and O–H groups in total. The maximum absolute atomic E-state index is 12.6. The summed E-state index contributed by atoms with van der Waals surface area (Å²) in [5.41, 5.74) is 2.80. The molecule has 4 rings (SSSR count). The number of hydrogen-bond donors (Lipinski definition) is 2. The van der Waals surface area contributed by atoms with E-state index in [2.05, 4.69) is 49.8 Å². The van der Waals surface area contributed by atoms with Gasteiger partial charge < -0.3 is 20.1 Å². The van der Waals surface area contributed by atoms with Crippen LogP contribution >= 0.6 is 18.7 Å². The van der Waals surface area contributed by atoms with Gasteiger partial charge in [0.05, 0.1) is 11.9 Å². The molecule has 0 radical (unpaired) electrons. The zero-order valence-electron chi connectivity index (χ0n) is 17.5. The van der Waals surface area contributed by atoms with E-state index < -0.39 is 7.14 Å². The average Bonchev–Trinajstić information content (AvgIpc) is 2.77. The van der Waals surface area contributed by atoms with Crippen molar-refractivity contribution in [3.63, 3.8) is 0 Å². The van der Waals surface area contributed by atoms with Crippen LogP contribution in [0.5, 0.6) is 0 Å². The molecule has 0 unspecified atom stereocenters. The van der Waals surface area contributed by atoms with E-state index in [4.69, 9.17) is 11.6 Å². The lowest BCUT2D eigenvalue weighted by Crippen LogP contribution is -2.26. The molecule has 0 spiro atoms. The van der Waals surface area contributed by atoms with Crippen molar-refractivity contribution in [1.82, 2.24) is 9.97 Å². The third-order valence-electron chi connectivity index (χ3n) is 5.03. The first-order chi connectivity index (χ1) is 14.9. The lowest BCUT2D eigenvalue weighted by Gasteiger charge is -2.25. The smallest absolute Gasteiger partial charge is 0.229 e. The molecular weight excluding hydrogens is 441 g/mol. The van der Waals surface area contributed by atoms with Gasteiger partial charge in [0.15, 0.2) is 5.82 Å². The van der Waals surface area contributed by atoms with Gasteiger partial charge in [-0.3, -0.25) is 0 Å². The van der Waals surface area contributed by atoms with Gasteiger partial charge in [-0.05, 0) is 56.1 Å². The van der Waals surface area contributed by atoms with Crippen molar-refractivity contribution in [1.29, 1.82) is 0 Å². The molecule has 1 aliphatic heterocycles. The van der Waals surface area contributed by atoms with Gasteiger partial charge in [-0.25, -0.2) is 4.98 Å². The monoisotopic (exact) mass is 469 g/mol. The van der Waals surface area contributed by atoms with Crippen molar-refractivity contribution in [2.24, 2.45) is 0 Å². The second-order valence-corrected chi connectivity index (χ2v) is 11.4. The molecule has 168 valence electrons. The minimum atomic E-state index is -2.46. The highest BCUT2D eigenvalue weighted by molar-refractivity contribution is 7.70. The van der Waals surface area contributed by atoms with Gasteiger partial charge >= 0.3 is 0 Å². The number of nitrogens with one attached hydrogen (secondary N) is 2. The van der Waals surface area contributed by atoms with E-state index in [1.54, 1.807) is 19.5 Å². The number of nitrogens with zero attached hydrogens (tertiary/aromatic N) is 3. The van der Waals surface area contributed by atoms with Crippen LogP contribution in [0.3, 0.4) is 0 Å². The molecule has 1 aromatic heterocycles. The van der Waals surface area contributed by atoms with E-state index in [1.165, 1.54) is 5.69 Å². The number of hydrogen-bond acceptors (Lipinski definition) is 6. The molecule has 6 nitrogen and oxygen atoms in total. The van der Waals surface area contributed by atoms with Crippen molar-refractivity contribution in [2.75, 3.05) is 42.0 Å². The first-order valence-electron chi connectivity index (χ1n) is 10.1. The van der Waals surface area contributed by atoms with E-state index in [0.717, 1.165) is 36.2 Å². The standard InChI is InChI=1S/C23H25ClN5OP.CH4/c1-31(2,30)21-9-5-4-8-20(21)27-22-19(24)16-25-23(28-22)26-17-10-12-18(13-11-17)29-14-6-3-7-15-29;/h3-6,8-13,16H,7,14-15H2,1-2H3,(H2,25,26,27,28);1H4. The fourth-order valence-electron chi connectivity index (χ4n) is 3.45. The number of anilines is 5. The highest BCUT2D eigenvalue weighted by Gasteiger charge is 2.17. The Kier molecular flexibility index (Phi) is 7.60. The number of para-hydroxylation sites is 1. The largest absolute Gasteiger partial charge is 0.367 e. The molecule has 32 heavy (non-hydrogen) atoms. The molecule has 0 amide bonds.